The molecule has 0 aliphatic carbocycles. The Balaban J connectivity index is 1.90. The monoisotopic (exact) mass is 447 g/mol. The van der Waals surface area contributed by atoms with Gasteiger partial charge in [0.25, 0.3) is 11.7 Å². The number of hydrogen-bond donors (Lipinski definition) is 1. The minimum Gasteiger partial charge on any atom is -0.507 e. The van der Waals surface area contributed by atoms with Crippen molar-refractivity contribution >= 4 is 34.5 Å². The molecule has 0 radical (unpaired) electrons. The fraction of sp³-hybridized carbons (Fsp3) is 0.231. The molecule has 0 saturated carbocycles. The number of thiophene rings is 1. The fourth-order valence-electron chi connectivity index (χ4n) is 3.99. The number of benzene rings is 2. The zero-order valence-corrected chi connectivity index (χ0v) is 19.3. The lowest BCUT2D eigenvalue weighted by Gasteiger charge is -2.25. The normalized spacial score (nSPS) is 17.8. The number of ether oxygens (including phenoxy) is 1. The molecule has 1 aromatic heterocycles. The molecule has 4 rings (SSSR count). The number of hydrogen-bond acceptors (Lipinski definition) is 5. The zero-order valence-electron chi connectivity index (χ0n) is 18.5. The van der Waals surface area contributed by atoms with Gasteiger partial charge in [-0.2, -0.15) is 0 Å². The summed E-state index contributed by atoms with van der Waals surface area (Å²) in [7, 11) is 0. The van der Waals surface area contributed by atoms with Gasteiger partial charge in [-0.25, -0.2) is 0 Å². The lowest BCUT2D eigenvalue weighted by Crippen LogP contribution is -2.29. The summed E-state index contributed by atoms with van der Waals surface area (Å²) in [6.07, 6.45) is 0. The van der Waals surface area contributed by atoms with Crippen molar-refractivity contribution in [2.45, 2.75) is 33.7 Å². The van der Waals surface area contributed by atoms with Crippen molar-refractivity contribution in [3.8, 4) is 5.75 Å². The van der Waals surface area contributed by atoms with E-state index in [1.807, 2.05) is 63.4 Å². The van der Waals surface area contributed by atoms with Crippen molar-refractivity contribution in [2.24, 2.45) is 0 Å². The Labute approximate surface area is 191 Å². The van der Waals surface area contributed by atoms with Gasteiger partial charge in [0.1, 0.15) is 17.6 Å². The molecule has 1 aliphatic rings. The molecule has 2 heterocycles. The molecule has 1 amide bonds. The SMILES string of the molecule is CCOc1ccc(/C(O)=C2/C(=O)C(=O)N(c3ccc(C)cc3)C2c2sccc2C)cc1C. The first-order valence-electron chi connectivity index (χ1n) is 10.5. The molecule has 1 atom stereocenters. The van der Waals surface area contributed by atoms with Crippen LogP contribution < -0.4 is 9.64 Å². The first-order chi connectivity index (χ1) is 15.3. The Morgan fingerprint density at radius 1 is 1.03 bits per heavy atom. The predicted molar refractivity (Wildman–Crippen MR) is 127 cm³/mol. The summed E-state index contributed by atoms with van der Waals surface area (Å²) < 4.78 is 5.59. The van der Waals surface area contributed by atoms with Gasteiger partial charge in [0.15, 0.2) is 0 Å². The number of aliphatic hydroxyl groups is 1. The van der Waals surface area contributed by atoms with Crippen LogP contribution in [0.2, 0.25) is 0 Å². The standard InChI is InChI=1S/C26H25NO4S/c1-5-31-20-11-8-18(14-17(20)4)23(28)21-22(25-16(3)12-13-32-25)27(26(30)24(21)29)19-9-6-15(2)7-10-19/h6-14,22,28H,5H2,1-4H3/b23-21-. The molecule has 0 bridgehead atoms. The van der Waals surface area contributed by atoms with Gasteiger partial charge in [-0.1, -0.05) is 17.7 Å². The van der Waals surface area contributed by atoms with E-state index in [0.29, 0.717) is 17.9 Å². The topological polar surface area (TPSA) is 66.8 Å². The summed E-state index contributed by atoms with van der Waals surface area (Å²) in [6.45, 7) is 8.23. The molecular formula is C26H25NO4S. The van der Waals surface area contributed by atoms with Crippen LogP contribution in [0.1, 0.15) is 40.1 Å². The minimum absolute atomic E-state index is 0.102. The molecule has 5 nitrogen and oxygen atoms in total. The lowest BCUT2D eigenvalue weighted by molar-refractivity contribution is -0.132. The van der Waals surface area contributed by atoms with Crippen LogP contribution in [0.4, 0.5) is 5.69 Å². The number of nitrogens with zero attached hydrogens (tertiary/aromatic N) is 1. The number of carbonyl (C=O) groups is 2. The highest BCUT2D eigenvalue weighted by Gasteiger charge is 2.47. The Bertz CT molecular complexity index is 1220. The van der Waals surface area contributed by atoms with E-state index in [1.54, 1.807) is 18.2 Å². The second-order valence-electron chi connectivity index (χ2n) is 7.89. The van der Waals surface area contributed by atoms with Crippen LogP contribution in [0.3, 0.4) is 0 Å². The van der Waals surface area contributed by atoms with Gasteiger partial charge in [0, 0.05) is 16.1 Å². The van der Waals surface area contributed by atoms with Gasteiger partial charge in [-0.3, -0.25) is 14.5 Å². The first-order valence-corrected chi connectivity index (χ1v) is 11.4. The Morgan fingerprint density at radius 2 is 1.75 bits per heavy atom. The molecular weight excluding hydrogens is 422 g/mol. The van der Waals surface area contributed by atoms with Crippen molar-refractivity contribution in [3.05, 3.63) is 86.6 Å². The highest BCUT2D eigenvalue weighted by Crippen LogP contribution is 2.45. The molecule has 3 aromatic rings. The summed E-state index contributed by atoms with van der Waals surface area (Å²) in [5.74, 6) is -0.792. The van der Waals surface area contributed by atoms with E-state index >= 15 is 0 Å². The van der Waals surface area contributed by atoms with Gasteiger partial charge < -0.3 is 9.84 Å². The Hall–Kier alpha value is -3.38. The number of rotatable bonds is 5. The third kappa shape index (κ3) is 3.71. The third-order valence-corrected chi connectivity index (χ3v) is 6.73. The van der Waals surface area contributed by atoms with Crippen LogP contribution >= 0.6 is 11.3 Å². The lowest BCUT2D eigenvalue weighted by atomic mass is 9.97. The molecule has 1 saturated heterocycles. The van der Waals surface area contributed by atoms with Crippen LogP contribution in [0.25, 0.3) is 5.76 Å². The second kappa shape index (κ2) is 8.63. The van der Waals surface area contributed by atoms with Crippen LogP contribution in [0, 0.1) is 20.8 Å². The van der Waals surface area contributed by atoms with Crippen molar-refractivity contribution in [1.82, 2.24) is 0 Å². The van der Waals surface area contributed by atoms with E-state index in [4.69, 9.17) is 4.74 Å². The number of ketones is 1. The van der Waals surface area contributed by atoms with E-state index in [2.05, 4.69) is 0 Å². The number of aliphatic hydroxyl groups excluding tert-OH is 1. The van der Waals surface area contributed by atoms with Gasteiger partial charge in [0.2, 0.25) is 0 Å². The zero-order chi connectivity index (χ0) is 23.0. The summed E-state index contributed by atoms with van der Waals surface area (Å²) >= 11 is 1.47. The number of Topliss-reactive ketones (excluding diaryl/α,β-unsaturated/α-hetero) is 1. The fourth-order valence-corrected chi connectivity index (χ4v) is 5.01. The van der Waals surface area contributed by atoms with Crippen molar-refractivity contribution in [3.63, 3.8) is 0 Å². The maximum Gasteiger partial charge on any atom is 0.300 e. The predicted octanol–water partition coefficient (Wildman–Crippen LogP) is 5.70. The summed E-state index contributed by atoms with van der Waals surface area (Å²) in [5.41, 5.74) is 4.06. The quantitative estimate of drug-likeness (QED) is 0.310. The van der Waals surface area contributed by atoms with Crippen LogP contribution in [0.5, 0.6) is 5.75 Å². The highest BCUT2D eigenvalue weighted by molar-refractivity contribution is 7.10. The van der Waals surface area contributed by atoms with Crippen LogP contribution in [0.15, 0.2) is 59.5 Å². The highest BCUT2D eigenvalue weighted by atomic mass is 32.1. The van der Waals surface area contributed by atoms with Crippen molar-refractivity contribution in [2.75, 3.05) is 11.5 Å². The van der Waals surface area contributed by atoms with Crippen molar-refractivity contribution < 1.29 is 19.4 Å². The van der Waals surface area contributed by atoms with Crippen molar-refractivity contribution in [1.29, 1.82) is 0 Å². The molecule has 1 unspecified atom stereocenters. The van der Waals surface area contributed by atoms with Crippen LogP contribution in [-0.2, 0) is 9.59 Å². The van der Waals surface area contributed by atoms with E-state index in [-0.39, 0.29) is 11.3 Å². The Morgan fingerprint density at radius 3 is 2.34 bits per heavy atom. The Kier molecular flexibility index (Phi) is 5.89. The summed E-state index contributed by atoms with van der Waals surface area (Å²) in [6, 6.07) is 14.0. The van der Waals surface area contributed by atoms with E-state index in [9.17, 15) is 14.7 Å². The average molecular weight is 448 g/mol. The van der Waals surface area contributed by atoms with E-state index in [1.165, 1.54) is 16.2 Å². The third-order valence-electron chi connectivity index (χ3n) is 5.65. The number of carbonyl (C=O) groups excluding carboxylic acids is 2. The summed E-state index contributed by atoms with van der Waals surface area (Å²) in [5, 5.41) is 13.2. The molecule has 32 heavy (non-hydrogen) atoms. The smallest absolute Gasteiger partial charge is 0.300 e. The largest absolute Gasteiger partial charge is 0.507 e. The van der Waals surface area contributed by atoms with Gasteiger partial charge in [0.05, 0.1) is 12.2 Å². The molecule has 164 valence electrons. The van der Waals surface area contributed by atoms with E-state index in [0.717, 1.165) is 27.3 Å². The van der Waals surface area contributed by atoms with Gasteiger partial charge >= 0.3 is 0 Å². The minimum atomic E-state index is -0.690. The molecule has 2 aromatic carbocycles. The van der Waals surface area contributed by atoms with E-state index < -0.39 is 17.7 Å². The molecule has 0 spiro atoms. The molecule has 6 heteroatoms. The molecule has 1 N–H and O–H groups in total. The second-order valence-corrected chi connectivity index (χ2v) is 8.83. The maximum absolute atomic E-state index is 13.2. The number of anilines is 1. The van der Waals surface area contributed by atoms with Gasteiger partial charge in [-0.05, 0) is 80.6 Å². The van der Waals surface area contributed by atoms with Crippen LogP contribution in [-0.4, -0.2) is 23.4 Å². The van der Waals surface area contributed by atoms with Gasteiger partial charge in [-0.15, -0.1) is 11.3 Å². The molecule has 1 aliphatic heterocycles. The molecule has 1 fully saturated rings. The summed E-state index contributed by atoms with van der Waals surface area (Å²) in [4.78, 5) is 28.7. The number of aryl methyl sites for hydroxylation is 3. The first kappa shape index (κ1) is 21.8. The number of amides is 1. The maximum atomic E-state index is 13.2. The average Bonchev–Trinajstić information content (AvgIpc) is 3.30.